The van der Waals surface area contributed by atoms with Crippen molar-refractivity contribution in [2.24, 2.45) is 5.11 Å². The first-order chi connectivity index (χ1) is 52.5. The van der Waals surface area contributed by atoms with Crippen molar-refractivity contribution in [3.63, 3.8) is 0 Å². The lowest BCUT2D eigenvalue weighted by molar-refractivity contribution is -0.389. The third kappa shape index (κ3) is 22.0. The SMILES string of the molecule is [N-]=[N+]=N[C@H]1[C@H](O[C@H]2[C@H](OCc3ccccc3)[C@H](OCc3ccccc3)[C@@H](O[C@H]3[C@H](OCc4ccccc4)[C@H](OCc4ccccc4)[C@@H](OCc4ccccc4)O[C@@H]3COCc3ccccc3)O[C@@H]2COCc2ccccc2)O[C@H](COCc2ccccc2)[C@@H](OCc2ccccc2)[C@@H]1OCc1ccccc1. The highest BCUT2D eigenvalue weighted by Crippen LogP contribution is 2.40. The number of hydrogen-bond acceptors (Lipinski definition) is 16. The lowest BCUT2D eigenvalue weighted by Crippen LogP contribution is -2.68. The Morgan fingerprint density at radius 1 is 0.236 bits per heavy atom. The molecule has 106 heavy (non-hydrogen) atoms. The van der Waals surface area contributed by atoms with Crippen LogP contribution in [0.1, 0.15) is 55.6 Å². The molecule has 13 rings (SSSR count). The van der Waals surface area contributed by atoms with Gasteiger partial charge in [-0.25, -0.2) is 0 Å². The summed E-state index contributed by atoms with van der Waals surface area (Å²) >= 11 is 0. The molecule has 18 heteroatoms. The van der Waals surface area contributed by atoms with Crippen LogP contribution < -0.4 is 0 Å². The Morgan fingerprint density at radius 2 is 0.462 bits per heavy atom. The van der Waals surface area contributed by atoms with Crippen molar-refractivity contribution in [2.45, 2.75) is 158 Å². The Kier molecular flexibility index (Phi) is 28.8. The zero-order valence-corrected chi connectivity index (χ0v) is 59.2. The van der Waals surface area contributed by atoms with Crippen LogP contribution in [0.2, 0.25) is 0 Å². The van der Waals surface area contributed by atoms with Crippen LogP contribution in [0.15, 0.2) is 308 Å². The van der Waals surface area contributed by atoms with Crippen LogP contribution in [0.3, 0.4) is 0 Å². The van der Waals surface area contributed by atoms with Gasteiger partial charge in [0.2, 0.25) is 0 Å². The summed E-state index contributed by atoms with van der Waals surface area (Å²) in [5.74, 6) is 0. The van der Waals surface area contributed by atoms with Gasteiger partial charge in [-0.3, -0.25) is 0 Å². The van der Waals surface area contributed by atoms with Gasteiger partial charge in [0.15, 0.2) is 18.9 Å². The number of ether oxygens (including phenoxy) is 15. The summed E-state index contributed by atoms with van der Waals surface area (Å²) in [6.07, 6.45) is -14.9. The van der Waals surface area contributed by atoms with Crippen LogP contribution in [-0.2, 0) is 137 Å². The molecule has 0 saturated carbocycles. The maximum absolute atomic E-state index is 10.9. The second kappa shape index (κ2) is 40.6. The van der Waals surface area contributed by atoms with E-state index in [0.717, 1.165) is 55.6 Å². The van der Waals surface area contributed by atoms with Crippen LogP contribution in [0, 0.1) is 0 Å². The molecule has 0 bridgehead atoms. The molecule has 3 heterocycles. The second-order valence-corrected chi connectivity index (χ2v) is 26.4. The molecule has 3 saturated heterocycles. The van der Waals surface area contributed by atoms with Gasteiger partial charge in [-0.2, -0.15) is 0 Å². The van der Waals surface area contributed by atoms with E-state index in [1.54, 1.807) is 0 Å². The molecule has 0 N–H and O–H groups in total. The number of rotatable bonds is 38. The minimum atomic E-state index is -1.39. The maximum atomic E-state index is 10.9. The average Bonchev–Trinajstić information content (AvgIpc) is 0.765. The molecule has 0 radical (unpaired) electrons. The topological polar surface area (TPSA) is 187 Å². The molecule has 15 atom stereocenters. The quantitative estimate of drug-likeness (QED) is 0.0202. The van der Waals surface area contributed by atoms with Crippen molar-refractivity contribution in [2.75, 3.05) is 19.8 Å². The largest absolute Gasteiger partial charge is 0.374 e. The molecule has 0 unspecified atom stereocenters. The third-order valence-corrected chi connectivity index (χ3v) is 18.7. The molecular formula is C88H91N3O15. The number of nitrogens with zero attached hydrogens (tertiary/aromatic N) is 3. The fourth-order valence-electron chi connectivity index (χ4n) is 13.3. The van der Waals surface area contributed by atoms with Crippen molar-refractivity contribution >= 4 is 0 Å². The van der Waals surface area contributed by atoms with Crippen LogP contribution in [0.4, 0.5) is 0 Å². The van der Waals surface area contributed by atoms with Crippen LogP contribution in [-0.4, -0.2) is 112 Å². The van der Waals surface area contributed by atoms with Gasteiger partial charge in [-0.1, -0.05) is 308 Å². The molecule has 3 aliphatic heterocycles. The van der Waals surface area contributed by atoms with E-state index in [1.165, 1.54) is 0 Å². The smallest absolute Gasteiger partial charge is 0.187 e. The monoisotopic (exact) mass is 1430 g/mol. The Balaban J connectivity index is 0.928. The first-order valence-electron chi connectivity index (χ1n) is 36.3. The first-order valence-corrected chi connectivity index (χ1v) is 36.3. The molecule has 0 aliphatic carbocycles. The van der Waals surface area contributed by atoms with Crippen molar-refractivity contribution in [3.8, 4) is 0 Å². The third-order valence-electron chi connectivity index (χ3n) is 18.7. The number of benzene rings is 10. The molecule has 3 aliphatic rings. The van der Waals surface area contributed by atoms with Crippen molar-refractivity contribution in [1.82, 2.24) is 0 Å². The molecule has 0 spiro atoms. The molecule has 10 aromatic rings. The van der Waals surface area contributed by atoms with Crippen molar-refractivity contribution in [1.29, 1.82) is 0 Å². The highest BCUT2D eigenvalue weighted by Gasteiger charge is 2.57. The standard InChI is InChI=1S/C88H91N3O15/c89-91-90-77-81(96-55-68-39-19-5-20-40-68)78(95-54-67-37-17-4-18-38-67)74(61-92-51-64-31-11-1-12-32-64)102-86(77)105-79-76(63-94-53-66-35-15-3-16-36-66)104-88(85(100-59-72-47-27-9-28-48-72)83(79)98-57-70-43-23-7-24-44-70)106-80-75(62-93-52-65-33-13-2-14-34-65)103-87(101-60-73-49-29-10-30-50-73)84(99-58-71-45-25-8-26-46-71)82(80)97-56-69-41-21-6-22-42-69/h1-50,74-88H,51-63H2/t74-,75-,76-,77-,78-,79-,80-,81-,82+,83+,84+,85+,86+,87+,88-/m1/s1. The normalized spacial score (nSPS) is 24.4. The van der Waals surface area contributed by atoms with Gasteiger partial charge in [0.25, 0.3) is 0 Å². The molecule has 3 fully saturated rings. The predicted molar refractivity (Wildman–Crippen MR) is 398 cm³/mol. The molecule has 10 aromatic carbocycles. The lowest BCUT2D eigenvalue weighted by atomic mass is 9.94. The van der Waals surface area contributed by atoms with E-state index < -0.39 is 92.1 Å². The van der Waals surface area contributed by atoms with E-state index >= 15 is 0 Å². The van der Waals surface area contributed by atoms with Gasteiger partial charge in [0.1, 0.15) is 73.2 Å². The molecule has 0 aromatic heterocycles. The first kappa shape index (κ1) is 75.2. The van der Waals surface area contributed by atoms with Gasteiger partial charge >= 0.3 is 0 Å². The van der Waals surface area contributed by atoms with E-state index in [4.69, 9.17) is 71.1 Å². The van der Waals surface area contributed by atoms with Crippen LogP contribution in [0.5, 0.6) is 0 Å². The van der Waals surface area contributed by atoms with Crippen molar-refractivity contribution < 1.29 is 71.1 Å². The van der Waals surface area contributed by atoms with Crippen LogP contribution in [0.25, 0.3) is 10.4 Å². The van der Waals surface area contributed by atoms with E-state index in [-0.39, 0.29) is 85.9 Å². The maximum Gasteiger partial charge on any atom is 0.187 e. The van der Waals surface area contributed by atoms with Gasteiger partial charge in [0.05, 0.1) is 85.9 Å². The van der Waals surface area contributed by atoms with E-state index in [2.05, 4.69) is 10.0 Å². The summed E-state index contributed by atoms with van der Waals surface area (Å²) in [6.45, 7) is 1.56. The summed E-state index contributed by atoms with van der Waals surface area (Å²) in [6, 6.07) is 97.8. The second-order valence-electron chi connectivity index (χ2n) is 26.4. The van der Waals surface area contributed by atoms with Gasteiger partial charge in [-0.15, -0.1) is 0 Å². The number of azide groups is 1. The summed E-state index contributed by atoms with van der Waals surface area (Å²) in [5.41, 5.74) is 20.0. The fraction of sp³-hybridized carbons (Fsp3) is 0.318. The Labute approximate surface area is 620 Å². The minimum absolute atomic E-state index is 0.00647. The summed E-state index contributed by atoms with van der Waals surface area (Å²) in [5, 5.41) is 4.56. The average molecular weight is 1430 g/mol. The van der Waals surface area contributed by atoms with Crippen molar-refractivity contribution in [3.05, 3.63) is 369 Å². The molecule has 0 amide bonds. The fourth-order valence-corrected chi connectivity index (χ4v) is 13.3. The van der Waals surface area contributed by atoms with Crippen LogP contribution >= 0.6 is 0 Å². The summed E-state index contributed by atoms with van der Waals surface area (Å²) in [4.78, 5) is 3.51. The summed E-state index contributed by atoms with van der Waals surface area (Å²) < 4.78 is 108. The number of hydrogen-bond donors (Lipinski definition) is 0. The van der Waals surface area contributed by atoms with Gasteiger partial charge in [0, 0.05) is 4.91 Å². The Morgan fingerprint density at radius 3 is 0.774 bits per heavy atom. The highest BCUT2D eigenvalue weighted by molar-refractivity contribution is 5.22. The van der Waals surface area contributed by atoms with Gasteiger partial charge < -0.3 is 71.1 Å². The van der Waals surface area contributed by atoms with Gasteiger partial charge in [-0.05, 0) is 61.2 Å². The van der Waals surface area contributed by atoms with E-state index in [9.17, 15) is 5.53 Å². The highest BCUT2D eigenvalue weighted by atomic mass is 16.8. The minimum Gasteiger partial charge on any atom is -0.374 e. The molecule has 548 valence electrons. The zero-order valence-electron chi connectivity index (χ0n) is 59.2. The Hall–Kier alpha value is -9.09. The lowest BCUT2D eigenvalue weighted by Gasteiger charge is -2.51. The molecular weight excluding hydrogens is 1340 g/mol. The predicted octanol–water partition coefficient (Wildman–Crippen LogP) is 16.0. The van der Waals surface area contributed by atoms with E-state index in [0.29, 0.717) is 0 Å². The van der Waals surface area contributed by atoms with E-state index in [1.807, 2.05) is 303 Å². The summed E-state index contributed by atoms with van der Waals surface area (Å²) in [7, 11) is 0. The zero-order chi connectivity index (χ0) is 72.0. The molecule has 18 nitrogen and oxygen atoms in total. The Bertz CT molecular complexity index is 4120.